The fourth-order valence-electron chi connectivity index (χ4n) is 3.94. The molecule has 0 bridgehead atoms. The molecule has 0 unspecified atom stereocenters. The van der Waals surface area contributed by atoms with Crippen molar-refractivity contribution >= 4 is 11.8 Å². The van der Waals surface area contributed by atoms with Crippen molar-refractivity contribution in [3.63, 3.8) is 0 Å². The third-order valence-electron chi connectivity index (χ3n) is 4.78. The number of rotatable bonds is 6. The lowest BCUT2D eigenvalue weighted by atomic mass is 9.60. The second-order valence-electron chi connectivity index (χ2n) is 6.17. The largest absolute Gasteiger partial charge is 0.471 e. The highest BCUT2D eigenvalue weighted by Crippen LogP contribution is 2.57. The van der Waals surface area contributed by atoms with E-state index in [-0.39, 0.29) is 18.5 Å². The first-order chi connectivity index (χ1) is 10.5. The Morgan fingerprint density at radius 3 is 2.73 bits per heavy atom. The predicted octanol–water partition coefficient (Wildman–Crippen LogP) is 2.62. The molecule has 1 saturated carbocycles. The monoisotopic (exact) mass is 308 g/mol. The van der Waals surface area contributed by atoms with E-state index in [9.17, 15) is 9.59 Å². The van der Waals surface area contributed by atoms with Gasteiger partial charge in [-0.05, 0) is 24.7 Å². The number of carbonyl (C=O) groups excluding carboxylic acids is 2. The van der Waals surface area contributed by atoms with Crippen molar-refractivity contribution in [2.24, 2.45) is 17.3 Å². The number of ether oxygens (including phenoxy) is 3. The van der Waals surface area contributed by atoms with Gasteiger partial charge in [-0.3, -0.25) is 4.79 Å². The zero-order valence-electron chi connectivity index (χ0n) is 13.5. The molecule has 2 rings (SSSR count). The van der Waals surface area contributed by atoms with E-state index in [2.05, 4.69) is 13.5 Å². The molecule has 2 aliphatic rings. The van der Waals surface area contributed by atoms with E-state index in [0.29, 0.717) is 36.5 Å². The van der Waals surface area contributed by atoms with Crippen molar-refractivity contribution in [2.45, 2.75) is 32.6 Å². The number of ketones is 1. The molecule has 1 fully saturated rings. The second kappa shape index (κ2) is 6.65. The molecule has 5 heteroatoms. The van der Waals surface area contributed by atoms with E-state index in [1.54, 1.807) is 6.08 Å². The van der Waals surface area contributed by atoms with Gasteiger partial charge in [-0.15, -0.1) is 6.58 Å². The Morgan fingerprint density at radius 1 is 1.41 bits per heavy atom. The fourth-order valence-corrected chi connectivity index (χ4v) is 3.94. The molecule has 0 aromatic rings. The second-order valence-corrected chi connectivity index (χ2v) is 6.17. The van der Waals surface area contributed by atoms with E-state index in [0.717, 1.165) is 6.42 Å². The number of esters is 1. The van der Waals surface area contributed by atoms with Crippen LogP contribution in [0.2, 0.25) is 0 Å². The summed E-state index contributed by atoms with van der Waals surface area (Å²) in [4.78, 5) is 25.2. The van der Waals surface area contributed by atoms with Crippen LogP contribution in [0.4, 0.5) is 0 Å². The number of carbonyl (C=O) groups is 2. The van der Waals surface area contributed by atoms with Crippen LogP contribution in [0.15, 0.2) is 24.0 Å². The summed E-state index contributed by atoms with van der Waals surface area (Å²) < 4.78 is 15.5. The minimum absolute atomic E-state index is 0.0520. The van der Waals surface area contributed by atoms with E-state index in [1.807, 2.05) is 0 Å². The number of methoxy groups -OCH3 is 2. The molecule has 0 heterocycles. The first kappa shape index (κ1) is 16.7. The molecule has 0 radical (unpaired) electrons. The molecular formula is C17H24O5. The third kappa shape index (κ3) is 2.58. The molecule has 0 N–H and O–H groups in total. The van der Waals surface area contributed by atoms with Crippen molar-refractivity contribution in [3.8, 4) is 0 Å². The first-order valence-corrected chi connectivity index (χ1v) is 7.59. The SMILES string of the molecule is C=CC[C@@]12C(=O)C[C@@H](C)C[C@@H]1CC(OCOC)=C2C(=O)OC. The van der Waals surface area contributed by atoms with Crippen LogP contribution >= 0.6 is 0 Å². The topological polar surface area (TPSA) is 61.8 Å². The van der Waals surface area contributed by atoms with Gasteiger partial charge < -0.3 is 14.2 Å². The quantitative estimate of drug-likeness (QED) is 0.429. The highest BCUT2D eigenvalue weighted by atomic mass is 16.7. The number of hydrogen-bond donors (Lipinski definition) is 0. The van der Waals surface area contributed by atoms with E-state index >= 15 is 0 Å². The van der Waals surface area contributed by atoms with Gasteiger partial charge in [-0.25, -0.2) is 4.79 Å². The van der Waals surface area contributed by atoms with Crippen molar-refractivity contribution in [1.29, 1.82) is 0 Å². The highest BCUT2D eigenvalue weighted by molar-refractivity contribution is 6.03. The van der Waals surface area contributed by atoms with Gasteiger partial charge in [0.1, 0.15) is 11.5 Å². The van der Waals surface area contributed by atoms with Gasteiger partial charge in [0.25, 0.3) is 0 Å². The fraction of sp³-hybridized carbons (Fsp3) is 0.647. The van der Waals surface area contributed by atoms with Crippen LogP contribution in [0, 0.1) is 17.3 Å². The smallest absolute Gasteiger partial charge is 0.338 e. The molecule has 0 saturated heterocycles. The van der Waals surface area contributed by atoms with Gasteiger partial charge in [0.05, 0.1) is 18.1 Å². The number of Topliss-reactive ketones (excluding diaryl/α,β-unsaturated/α-hetero) is 1. The average molecular weight is 308 g/mol. The maximum Gasteiger partial charge on any atom is 0.338 e. The lowest BCUT2D eigenvalue weighted by Gasteiger charge is -2.40. The molecule has 0 spiro atoms. The summed E-state index contributed by atoms with van der Waals surface area (Å²) in [7, 11) is 2.85. The third-order valence-corrected chi connectivity index (χ3v) is 4.78. The van der Waals surface area contributed by atoms with Crippen LogP contribution in [-0.2, 0) is 23.8 Å². The first-order valence-electron chi connectivity index (χ1n) is 7.59. The number of allylic oxidation sites excluding steroid dienone is 2. The van der Waals surface area contributed by atoms with Gasteiger partial charge >= 0.3 is 5.97 Å². The molecule has 0 aromatic carbocycles. The summed E-state index contributed by atoms with van der Waals surface area (Å²) >= 11 is 0. The summed E-state index contributed by atoms with van der Waals surface area (Å²) in [6, 6.07) is 0. The van der Waals surface area contributed by atoms with E-state index in [4.69, 9.17) is 14.2 Å². The summed E-state index contributed by atoms with van der Waals surface area (Å²) in [5.74, 6) is 0.507. The van der Waals surface area contributed by atoms with Gasteiger partial charge in [0.15, 0.2) is 6.79 Å². The van der Waals surface area contributed by atoms with Gasteiger partial charge in [0, 0.05) is 20.0 Å². The normalized spacial score (nSPS) is 31.0. The Balaban J connectivity index is 2.51. The van der Waals surface area contributed by atoms with Crippen molar-refractivity contribution in [3.05, 3.63) is 24.0 Å². The highest BCUT2D eigenvalue weighted by Gasteiger charge is 2.58. The zero-order valence-corrected chi connectivity index (χ0v) is 13.5. The molecule has 22 heavy (non-hydrogen) atoms. The lowest BCUT2D eigenvalue weighted by molar-refractivity contribution is -0.143. The van der Waals surface area contributed by atoms with E-state index < -0.39 is 11.4 Å². The summed E-state index contributed by atoms with van der Waals surface area (Å²) in [6.45, 7) is 5.90. The van der Waals surface area contributed by atoms with Crippen LogP contribution in [-0.4, -0.2) is 32.8 Å². The molecule has 5 nitrogen and oxygen atoms in total. The molecule has 3 atom stereocenters. The lowest BCUT2D eigenvalue weighted by Crippen LogP contribution is -2.44. The average Bonchev–Trinajstić information content (AvgIpc) is 2.79. The van der Waals surface area contributed by atoms with Crippen LogP contribution in [0.3, 0.4) is 0 Å². The van der Waals surface area contributed by atoms with E-state index in [1.165, 1.54) is 14.2 Å². The summed E-state index contributed by atoms with van der Waals surface area (Å²) in [5, 5.41) is 0. The summed E-state index contributed by atoms with van der Waals surface area (Å²) in [6.07, 6.45) is 4.08. The Kier molecular flexibility index (Phi) is 5.06. The van der Waals surface area contributed by atoms with Crippen LogP contribution in [0.5, 0.6) is 0 Å². The van der Waals surface area contributed by atoms with Gasteiger partial charge in [-0.2, -0.15) is 0 Å². The molecule has 122 valence electrons. The molecule has 2 aliphatic carbocycles. The zero-order chi connectivity index (χ0) is 16.3. The Labute approximate surface area is 131 Å². The minimum atomic E-state index is -0.843. The summed E-state index contributed by atoms with van der Waals surface area (Å²) in [5.41, 5.74) is -0.474. The number of hydrogen-bond acceptors (Lipinski definition) is 5. The minimum Gasteiger partial charge on any atom is -0.471 e. The Bertz CT molecular complexity index is 507. The maximum atomic E-state index is 12.9. The molecular weight excluding hydrogens is 284 g/mol. The van der Waals surface area contributed by atoms with Crippen LogP contribution < -0.4 is 0 Å². The van der Waals surface area contributed by atoms with Gasteiger partial charge in [-0.1, -0.05) is 13.0 Å². The standard InChI is InChI=1S/C17H24O5/c1-5-6-17-12(7-11(2)8-14(17)18)9-13(22-10-20-3)15(17)16(19)21-4/h5,11-12H,1,6-10H2,2-4H3/t11-,12+,17-/m0/s1. The van der Waals surface area contributed by atoms with Crippen LogP contribution in [0.25, 0.3) is 0 Å². The van der Waals surface area contributed by atoms with Crippen molar-refractivity contribution in [2.75, 3.05) is 21.0 Å². The molecule has 0 aliphatic heterocycles. The van der Waals surface area contributed by atoms with Crippen molar-refractivity contribution < 1.29 is 23.8 Å². The van der Waals surface area contributed by atoms with Crippen molar-refractivity contribution in [1.82, 2.24) is 0 Å². The number of fused-ring (bicyclic) bond motifs is 1. The Morgan fingerprint density at radius 2 is 2.14 bits per heavy atom. The predicted molar refractivity (Wildman–Crippen MR) is 80.8 cm³/mol. The van der Waals surface area contributed by atoms with Crippen LogP contribution in [0.1, 0.15) is 32.6 Å². The Hall–Kier alpha value is -1.62. The maximum absolute atomic E-state index is 12.9. The molecule has 0 aromatic heterocycles. The molecule has 0 amide bonds. The van der Waals surface area contributed by atoms with Gasteiger partial charge in [0.2, 0.25) is 0 Å².